The molecule has 30 heavy (non-hydrogen) atoms. The standard InChI is InChI=1S/C14H18N4O7S.C3H9N/c1-14(2)23-8-12(24-14)11-3-4-17(15-11)9-5-10-7-16(6-9)13(19)18(10)25-26(20,21)22;1-4(2)3/h3-5,10,12H,6-8H2,1-2H3,(H,20,21,22);1-3H3/t10?,12-;/m1./s1. The Hall–Kier alpha value is -2.03. The number of hydrogen-bond acceptors (Lipinski definition) is 8. The van der Waals surface area contributed by atoms with Gasteiger partial charge in [-0.2, -0.15) is 18.6 Å². The summed E-state index contributed by atoms with van der Waals surface area (Å²) < 4.78 is 48.0. The number of carbonyl (C=O) groups excluding carboxylic acids is 1. The zero-order valence-corrected chi connectivity index (χ0v) is 18.4. The number of ether oxygens (including phenoxy) is 2. The van der Waals surface area contributed by atoms with E-state index in [4.69, 9.17) is 14.0 Å². The second-order valence-electron chi connectivity index (χ2n) is 8.06. The highest BCUT2D eigenvalue weighted by Crippen LogP contribution is 2.33. The first-order valence-corrected chi connectivity index (χ1v) is 10.7. The minimum Gasteiger partial charge on any atom is -0.347 e. The van der Waals surface area contributed by atoms with Crippen LogP contribution in [0.2, 0.25) is 0 Å². The molecule has 2 amide bonds. The van der Waals surface area contributed by atoms with Crippen LogP contribution in [0.25, 0.3) is 5.70 Å². The lowest BCUT2D eigenvalue weighted by molar-refractivity contribution is -0.139. The lowest BCUT2D eigenvalue weighted by Gasteiger charge is -2.21. The van der Waals surface area contributed by atoms with Gasteiger partial charge in [-0.25, -0.2) is 9.48 Å². The Labute approximate surface area is 175 Å². The van der Waals surface area contributed by atoms with E-state index in [9.17, 15) is 13.2 Å². The van der Waals surface area contributed by atoms with Gasteiger partial charge in [0.15, 0.2) is 5.79 Å². The number of fused-ring (bicyclic) bond motifs is 2. The number of aromatic nitrogens is 2. The maximum absolute atomic E-state index is 12.2. The molecule has 13 heteroatoms. The van der Waals surface area contributed by atoms with Crippen molar-refractivity contribution in [2.24, 2.45) is 0 Å². The summed E-state index contributed by atoms with van der Waals surface area (Å²) >= 11 is 0. The SMILES string of the molecule is CC1(C)OC[C@H](c2ccn(C3=CC4CN(C3)C(=O)N4OS(=O)(=O)O)n2)O1.CN(C)C. The number of amides is 2. The fourth-order valence-electron chi connectivity index (χ4n) is 3.22. The van der Waals surface area contributed by atoms with Gasteiger partial charge in [-0.1, -0.05) is 0 Å². The molecule has 1 aromatic rings. The van der Waals surface area contributed by atoms with E-state index < -0.39 is 28.3 Å². The molecule has 0 aliphatic carbocycles. The smallest absolute Gasteiger partial charge is 0.347 e. The Morgan fingerprint density at radius 3 is 2.57 bits per heavy atom. The number of urea groups is 1. The fourth-order valence-corrected chi connectivity index (χ4v) is 3.60. The molecular formula is C17H27N5O7S. The average molecular weight is 445 g/mol. The minimum atomic E-state index is -4.78. The largest absolute Gasteiger partial charge is 0.418 e. The van der Waals surface area contributed by atoms with Crippen LogP contribution in [0.1, 0.15) is 25.6 Å². The third-order valence-corrected chi connectivity index (χ3v) is 4.67. The summed E-state index contributed by atoms with van der Waals surface area (Å²) in [5.41, 5.74) is 1.38. The van der Waals surface area contributed by atoms with Crippen LogP contribution in [-0.2, 0) is 24.2 Å². The molecule has 3 aliphatic heterocycles. The Bertz CT molecular complexity index is 924. The van der Waals surface area contributed by atoms with Crippen molar-refractivity contribution in [1.82, 2.24) is 24.6 Å². The maximum atomic E-state index is 12.2. The summed E-state index contributed by atoms with van der Waals surface area (Å²) in [4.78, 5) is 15.6. The van der Waals surface area contributed by atoms with E-state index in [1.165, 1.54) is 4.90 Å². The third kappa shape index (κ3) is 5.36. The summed E-state index contributed by atoms with van der Waals surface area (Å²) in [6, 6.07) is 0.516. The van der Waals surface area contributed by atoms with E-state index in [1.54, 1.807) is 23.0 Å². The second kappa shape index (κ2) is 8.24. The van der Waals surface area contributed by atoms with Gasteiger partial charge in [-0.3, -0.25) is 4.55 Å². The minimum absolute atomic E-state index is 0.231. The van der Waals surface area contributed by atoms with Crippen molar-refractivity contribution in [2.45, 2.75) is 31.8 Å². The van der Waals surface area contributed by atoms with Crippen molar-refractivity contribution < 1.29 is 31.5 Å². The zero-order valence-electron chi connectivity index (χ0n) is 17.5. The van der Waals surface area contributed by atoms with Crippen molar-refractivity contribution in [2.75, 3.05) is 40.8 Å². The Morgan fingerprint density at radius 2 is 2.00 bits per heavy atom. The monoisotopic (exact) mass is 445 g/mol. The van der Waals surface area contributed by atoms with Crippen molar-refractivity contribution >= 4 is 22.1 Å². The molecule has 1 aromatic heterocycles. The second-order valence-corrected chi connectivity index (χ2v) is 9.07. The maximum Gasteiger partial charge on any atom is 0.418 e. The van der Waals surface area contributed by atoms with Crippen molar-refractivity contribution in [3.05, 3.63) is 24.0 Å². The molecule has 168 valence electrons. The van der Waals surface area contributed by atoms with Crippen molar-refractivity contribution in [3.63, 3.8) is 0 Å². The summed E-state index contributed by atoms with van der Waals surface area (Å²) in [5, 5.41) is 5.12. The molecule has 12 nitrogen and oxygen atoms in total. The quantitative estimate of drug-likeness (QED) is 0.662. The van der Waals surface area contributed by atoms with Gasteiger partial charge >= 0.3 is 16.4 Å². The molecule has 1 N–H and O–H groups in total. The van der Waals surface area contributed by atoms with Crippen LogP contribution in [0.5, 0.6) is 0 Å². The Morgan fingerprint density at radius 1 is 1.33 bits per heavy atom. The molecule has 0 spiro atoms. The molecule has 2 saturated heterocycles. The normalized spacial score (nSPS) is 25.4. The fraction of sp³-hybridized carbons (Fsp3) is 0.647. The van der Waals surface area contributed by atoms with E-state index in [0.29, 0.717) is 23.1 Å². The van der Waals surface area contributed by atoms with Crippen molar-refractivity contribution in [1.29, 1.82) is 0 Å². The highest BCUT2D eigenvalue weighted by atomic mass is 32.3. The Balaban J connectivity index is 0.000000589. The number of carbonyl (C=O) groups is 1. The highest BCUT2D eigenvalue weighted by molar-refractivity contribution is 7.80. The highest BCUT2D eigenvalue weighted by Gasteiger charge is 2.43. The molecule has 1 unspecified atom stereocenters. The van der Waals surface area contributed by atoms with Crippen LogP contribution in [0.3, 0.4) is 0 Å². The zero-order chi connectivity index (χ0) is 22.3. The molecule has 0 saturated carbocycles. The van der Waals surface area contributed by atoms with Gasteiger partial charge < -0.3 is 19.3 Å². The first-order chi connectivity index (χ1) is 13.8. The number of hydrogen-bond donors (Lipinski definition) is 1. The van der Waals surface area contributed by atoms with Crippen LogP contribution in [0.15, 0.2) is 18.3 Å². The predicted octanol–water partition coefficient (Wildman–Crippen LogP) is 0.580. The molecule has 2 atom stereocenters. The van der Waals surface area contributed by atoms with E-state index in [0.717, 1.165) is 0 Å². The summed E-state index contributed by atoms with van der Waals surface area (Å²) in [7, 11) is 1.22. The van der Waals surface area contributed by atoms with Gasteiger partial charge in [-0.15, -0.1) is 4.28 Å². The van der Waals surface area contributed by atoms with Crippen LogP contribution >= 0.6 is 0 Å². The van der Waals surface area contributed by atoms with E-state index in [1.807, 2.05) is 39.9 Å². The Kier molecular flexibility index (Phi) is 6.23. The van der Waals surface area contributed by atoms with Gasteiger partial charge in [0.2, 0.25) is 0 Å². The molecule has 4 rings (SSSR count). The van der Waals surface area contributed by atoms with E-state index >= 15 is 0 Å². The van der Waals surface area contributed by atoms with E-state index in [2.05, 4.69) is 9.38 Å². The molecule has 0 aromatic carbocycles. The number of rotatable bonds is 4. The predicted molar refractivity (Wildman–Crippen MR) is 105 cm³/mol. The molecule has 0 radical (unpaired) electrons. The van der Waals surface area contributed by atoms with Gasteiger partial charge in [-0.05, 0) is 47.1 Å². The first kappa shape index (κ1) is 22.7. The van der Waals surface area contributed by atoms with Gasteiger partial charge in [0, 0.05) is 12.7 Å². The lowest BCUT2D eigenvalue weighted by Crippen LogP contribution is -2.35. The average Bonchev–Trinajstić information content (AvgIpc) is 3.28. The van der Waals surface area contributed by atoms with Crippen LogP contribution in [0, 0.1) is 0 Å². The summed E-state index contributed by atoms with van der Waals surface area (Å²) in [5.74, 6) is -0.663. The van der Waals surface area contributed by atoms with Crippen molar-refractivity contribution in [3.8, 4) is 0 Å². The van der Waals surface area contributed by atoms with Crippen LogP contribution < -0.4 is 0 Å². The molecule has 3 aliphatic rings. The van der Waals surface area contributed by atoms with Gasteiger partial charge in [0.25, 0.3) is 0 Å². The van der Waals surface area contributed by atoms with Gasteiger partial charge in [0.05, 0.1) is 24.5 Å². The molecule has 2 bridgehead atoms. The van der Waals surface area contributed by atoms with E-state index in [-0.39, 0.29) is 19.2 Å². The van der Waals surface area contributed by atoms with Gasteiger partial charge in [0.1, 0.15) is 12.1 Å². The third-order valence-electron chi connectivity index (χ3n) is 4.32. The lowest BCUT2D eigenvalue weighted by atomic mass is 10.2. The summed E-state index contributed by atoms with van der Waals surface area (Å²) in [6.45, 7) is 4.55. The summed E-state index contributed by atoms with van der Waals surface area (Å²) in [6.07, 6.45) is 3.13. The molecular weight excluding hydrogens is 418 g/mol. The first-order valence-electron chi connectivity index (χ1n) is 9.29. The van der Waals surface area contributed by atoms with Crippen LogP contribution in [0.4, 0.5) is 4.79 Å². The number of nitrogens with zero attached hydrogens (tertiary/aromatic N) is 5. The molecule has 2 fully saturated rings. The van der Waals surface area contributed by atoms with Crippen LogP contribution in [-0.4, -0.2) is 96.3 Å². The molecule has 4 heterocycles. The number of hydroxylamine groups is 2. The topological polar surface area (TPSA) is 127 Å².